The Kier molecular flexibility index (Phi) is 6.23. The van der Waals surface area contributed by atoms with Crippen molar-refractivity contribution in [3.05, 3.63) is 0 Å². The molecule has 0 bridgehead atoms. The third-order valence-corrected chi connectivity index (χ3v) is 3.67. The molecule has 112 valence electrons. The lowest BCUT2D eigenvalue weighted by atomic mass is 9.94. The van der Waals surface area contributed by atoms with Crippen LogP contribution in [0.1, 0.15) is 46.5 Å². The number of hydrogen-bond donors (Lipinski definition) is 2. The lowest BCUT2D eigenvalue weighted by Crippen LogP contribution is -2.59. The topological polar surface area (TPSA) is 73.6 Å². The predicted octanol–water partition coefficient (Wildman–Crippen LogP) is 1.20. The van der Waals surface area contributed by atoms with E-state index in [2.05, 4.69) is 5.32 Å². The summed E-state index contributed by atoms with van der Waals surface area (Å²) in [4.78, 5) is 11.6. The van der Waals surface area contributed by atoms with Gasteiger partial charge in [-0.25, -0.2) is 0 Å². The van der Waals surface area contributed by atoms with Crippen molar-refractivity contribution in [3.63, 3.8) is 0 Å². The molecule has 0 aliphatic heterocycles. The van der Waals surface area contributed by atoms with Gasteiger partial charge in [-0.1, -0.05) is 0 Å². The van der Waals surface area contributed by atoms with Crippen molar-refractivity contribution < 1.29 is 14.3 Å². The normalized spacial score (nSPS) is 27.2. The summed E-state index contributed by atoms with van der Waals surface area (Å²) in [6.07, 6.45) is 4.55. The number of carbonyl (C=O) groups is 1. The van der Waals surface area contributed by atoms with Crippen LogP contribution in [-0.2, 0) is 14.3 Å². The highest BCUT2D eigenvalue weighted by Gasteiger charge is 2.33. The molecule has 1 rings (SSSR count). The standard InChI is InChI=1S/C14H28N2O3/c1-10(2)16-14(3,13(15)17)9-19-12-7-5-6-11(8-12)18-4/h10-12,16H,5-9H2,1-4H3,(H2,15,17). The van der Waals surface area contributed by atoms with Gasteiger partial charge >= 0.3 is 0 Å². The Labute approximate surface area is 116 Å². The van der Waals surface area contributed by atoms with Crippen LogP contribution in [0.15, 0.2) is 0 Å². The second-order valence-corrected chi connectivity index (χ2v) is 5.95. The molecule has 0 aromatic heterocycles. The summed E-state index contributed by atoms with van der Waals surface area (Å²) in [7, 11) is 1.74. The van der Waals surface area contributed by atoms with Crippen molar-refractivity contribution in [3.8, 4) is 0 Å². The SMILES string of the molecule is COC1CCCC(OCC(C)(NC(C)C)C(N)=O)C1. The number of carbonyl (C=O) groups excluding carboxylic acids is 1. The molecule has 3 atom stereocenters. The second kappa shape index (κ2) is 7.22. The Morgan fingerprint density at radius 3 is 2.58 bits per heavy atom. The lowest BCUT2D eigenvalue weighted by Gasteiger charge is -2.34. The van der Waals surface area contributed by atoms with Crippen molar-refractivity contribution in [1.82, 2.24) is 5.32 Å². The summed E-state index contributed by atoms with van der Waals surface area (Å²) < 4.78 is 11.3. The van der Waals surface area contributed by atoms with Gasteiger partial charge in [0.2, 0.25) is 5.91 Å². The van der Waals surface area contributed by atoms with E-state index in [9.17, 15) is 4.79 Å². The fraction of sp³-hybridized carbons (Fsp3) is 0.929. The third-order valence-electron chi connectivity index (χ3n) is 3.67. The van der Waals surface area contributed by atoms with Gasteiger partial charge in [-0.15, -0.1) is 0 Å². The highest BCUT2D eigenvalue weighted by molar-refractivity contribution is 5.84. The molecule has 1 amide bonds. The zero-order chi connectivity index (χ0) is 14.5. The molecule has 0 aromatic rings. The minimum absolute atomic E-state index is 0.159. The summed E-state index contributed by atoms with van der Waals surface area (Å²) in [5, 5.41) is 3.19. The van der Waals surface area contributed by atoms with Crippen LogP contribution in [0.5, 0.6) is 0 Å². The Hall–Kier alpha value is -0.650. The number of methoxy groups -OCH3 is 1. The maximum absolute atomic E-state index is 11.6. The molecule has 19 heavy (non-hydrogen) atoms. The highest BCUT2D eigenvalue weighted by Crippen LogP contribution is 2.24. The molecule has 1 aliphatic carbocycles. The van der Waals surface area contributed by atoms with Gasteiger partial charge in [-0.2, -0.15) is 0 Å². The zero-order valence-corrected chi connectivity index (χ0v) is 12.6. The van der Waals surface area contributed by atoms with Crippen molar-refractivity contribution >= 4 is 5.91 Å². The van der Waals surface area contributed by atoms with Gasteiger partial charge in [0.05, 0.1) is 18.8 Å². The van der Waals surface area contributed by atoms with E-state index in [1.807, 2.05) is 13.8 Å². The largest absolute Gasteiger partial charge is 0.381 e. The minimum atomic E-state index is -0.811. The fourth-order valence-corrected chi connectivity index (χ4v) is 2.57. The average Bonchev–Trinajstić information content (AvgIpc) is 2.35. The molecule has 0 heterocycles. The van der Waals surface area contributed by atoms with Crippen molar-refractivity contribution in [2.24, 2.45) is 5.73 Å². The van der Waals surface area contributed by atoms with Crippen LogP contribution >= 0.6 is 0 Å². The number of nitrogens with two attached hydrogens (primary N) is 1. The fourth-order valence-electron chi connectivity index (χ4n) is 2.57. The number of rotatable bonds is 7. The molecule has 3 unspecified atom stereocenters. The van der Waals surface area contributed by atoms with Crippen LogP contribution in [0.4, 0.5) is 0 Å². The summed E-state index contributed by atoms with van der Waals surface area (Å²) >= 11 is 0. The monoisotopic (exact) mass is 272 g/mol. The van der Waals surface area contributed by atoms with Crippen molar-refractivity contribution in [2.75, 3.05) is 13.7 Å². The molecule has 1 saturated carbocycles. The summed E-state index contributed by atoms with van der Waals surface area (Å²) in [5.74, 6) is -0.375. The summed E-state index contributed by atoms with van der Waals surface area (Å²) in [5.41, 5.74) is 4.67. The van der Waals surface area contributed by atoms with E-state index in [0.717, 1.165) is 25.7 Å². The van der Waals surface area contributed by atoms with Crippen LogP contribution in [0.3, 0.4) is 0 Å². The van der Waals surface area contributed by atoms with Gasteiger partial charge in [-0.05, 0) is 46.5 Å². The van der Waals surface area contributed by atoms with Crippen molar-refractivity contribution in [1.29, 1.82) is 0 Å². The summed E-state index contributed by atoms with van der Waals surface area (Å²) in [6, 6.07) is 0.180. The highest BCUT2D eigenvalue weighted by atomic mass is 16.5. The van der Waals surface area contributed by atoms with Crippen LogP contribution < -0.4 is 11.1 Å². The maximum atomic E-state index is 11.6. The first-order chi connectivity index (χ1) is 8.87. The molecule has 0 spiro atoms. The van der Waals surface area contributed by atoms with Crippen LogP contribution in [0, 0.1) is 0 Å². The number of ether oxygens (including phenoxy) is 2. The first-order valence-electron chi connectivity index (χ1n) is 7.09. The second-order valence-electron chi connectivity index (χ2n) is 5.95. The first-order valence-corrected chi connectivity index (χ1v) is 7.09. The van der Waals surface area contributed by atoms with E-state index < -0.39 is 5.54 Å². The lowest BCUT2D eigenvalue weighted by molar-refractivity contribution is -0.129. The van der Waals surface area contributed by atoms with E-state index in [0.29, 0.717) is 6.61 Å². The Morgan fingerprint density at radius 1 is 1.42 bits per heavy atom. The number of primary amides is 1. The minimum Gasteiger partial charge on any atom is -0.381 e. The zero-order valence-electron chi connectivity index (χ0n) is 12.6. The van der Waals surface area contributed by atoms with E-state index in [4.69, 9.17) is 15.2 Å². The third kappa shape index (κ3) is 5.09. The first kappa shape index (κ1) is 16.4. The smallest absolute Gasteiger partial charge is 0.239 e. The van der Waals surface area contributed by atoms with E-state index in [1.165, 1.54) is 0 Å². The van der Waals surface area contributed by atoms with Gasteiger partial charge in [-0.3, -0.25) is 10.1 Å². The molecule has 3 N–H and O–H groups in total. The Bertz CT molecular complexity index is 296. The van der Waals surface area contributed by atoms with Gasteiger partial charge in [0.1, 0.15) is 5.54 Å². The Balaban J connectivity index is 2.49. The molecule has 5 heteroatoms. The van der Waals surface area contributed by atoms with Gasteiger partial charge in [0.25, 0.3) is 0 Å². The van der Waals surface area contributed by atoms with Crippen LogP contribution in [0.25, 0.3) is 0 Å². The number of amides is 1. The Morgan fingerprint density at radius 2 is 2.05 bits per heavy atom. The molecule has 1 aliphatic rings. The molecule has 5 nitrogen and oxygen atoms in total. The maximum Gasteiger partial charge on any atom is 0.239 e. The van der Waals surface area contributed by atoms with Gasteiger partial charge in [0, 0.05) is 13.2 Å². The van der Waals surface area contributed by atoms with Gasteiger partial charge in [0.15, 0.2) is 0 Å². The molecule has 1 fully saturated rings. The average molecular weight is 272 g/mol. The van der Waals surface area contributed by atoms with Crippen LogP contribution in [-0.4, -0.2) is 43.4 Å². The molecule has 0 aromatic carbocycles. The number of nitrogens with one attached hydrogen (secondary N) is 1. The molecule has 0 radical (unpaired) electrons. The van der Waals surface area contributed by atoms with E-state index in [-0.39, 0.29) is 24.2 Å². The summed E-state index contributed by atoms with van der Waals surface area (Å²) in [6.45, 7) is 6.08. The van der Waals surface area contributed by atoms with E-state index >= 15 is 0 Å². The molecular formula is C14H28N2O3. The number of hydrogen-bond acceptors (Lipinski definition) is 4. The molecular weight excluding hydrogens is 244 g/mol. The van der Waals surface area contributed by atoms with E-state index in [1.54, 1.807) is 14.0 Å². The van der Waals surface area contributed by atoms with Crippen LogP contribution in [0.2, 0.25) is 0 Å². The predicted molar refractivity (Wildman–Crippen MR) is 74.9 cm³/mol. The van der Waals surface area contributed by atoms with Crippen molar-refractivity contribution in [2.45, 2.75) is 70.2 Å². The molecule has 0 saturated heterocycles. The van der Waals surface area contributed by atoms with Gasteiger partial charge < -0.3 is 15.2 Å². The quantitative estimate of drug-likeness (QED) is 0.730.